The van der Waals surface area contributed by atoms with Crippen molar-refractivity contribution in [2.45, 2.75) is 13.1 Å². The standard InChI is InChI=1S/C25H21N3/c1-3-9-19(10-4-1)17-26-24-16-15-22-21-13-7-8-14-23(21)28(25(22)27-24)18-20-11-5-2-6-12-20/h1-16H,17-18H2,(H,26,27). The molecule has 0 saturated heterocycles. The lowest BCUT2D eigenvalue weighted by atomic mass is 10.2. The molecule has 3 heteroatoms. The molecule has 3 nitrogen and oxygen atoms in total. The number of rotatable bonds is 5. The number of aromatic nitrogens is 2. The molecule has 0 amide bonds. The Kier molecular flexibility index (Phi) is 4.26. The van der Waals surface area contributed by atoms with E-state index in [0.717, 1.165) is 24.6 Å². The summed E-state index contributed by atoms with van der Waals surface area (Å²) < 4.78 is 2.31. The zero-order chi connectivity index (χ0) is 18.8. The Morgan fingerprint density at radius 2 is 1.32 bits per heavy atom. The molecule has 0 unspecified atom stereocenters. The molecule has 0 aliphatic carbocycles. The van der Waals surface area contributed by atoms with E-state index in [1.54, 1.807) is 0 Å². The zero-order valence-corrected chi connectivity index (χ0v) is 15.5. The van der Waals surface area contributed by atoms with Crippen LogP contribution >= 0.6 is 0 Å². The number of fused-ring (bicyclic) bond motifs is 3. The smallest absolute Gasteiger partial charge is 0.143 e. The minimum atomic E-state index is 0.762. The monoisotopic (exact) mass is 363 g/mol. The highest BCUT2D eigenvalue weighted by molar-refractivity contribution is 6.07. The maximum atomic E-state index is 4.98. The SMILES string of the molecule is c1ccc(CNc2ccc3c4ccccc4n(Cc4ccccc4)c3n2)cc1. The van der Waals surface area contributed by atoms with E-state index in [-0.39, 0.29) is 0 Å². The second-order valence-electron chi connectivity index (χ2n) is 7.00. The summed E-state index contributed by atoms with van der Waals surface area (Å²) in [5.74, 6) is 0.897. The number of hydrogen-bond acceptors (Lipinski definition) is 2. The van der Waals surface area contributed by atoms with Gasteiger partial charge in [-0.05, 0) is 29.3 Å². The lowest BCUT2D eigenvalue weighted by Crippen LogP contribution is -2.04. The highest BCUT2D eigenvalue weighted by Crippen LogP contribution is 2.29. The fraction of sp³-hybridized carbons (Fsp3) is 0.0800. The molecule has 5 aromatic rings. The molecular formula is C25H21N3. The molecule has 0 radical (unpaired) electrons. The average Bonchev–Trinajstić information content (AvgIpc) is 3.07. The molecule has 0 aliphatic heterocycles. The van der Waals surface area contributed by atoms with Gasteiger partial charge in [0.1, 0.15) is 11.5 Å². The van der Waals surface area contributed by atoms with Crippen LogP contribution in [0.25, 0.3) is 21.9 Å². The molecule has 0 atom stereocenters. The third kappa shape index (κ3) is 3.12. The molecule has 0 spiro atoms. The van der Waals surface area contributed by atoms with Gasteiger partial charge in [0.2, 0.25) is 0 Å². The Morgan fingerprint density at radius 3 is 2.11 bits per heavy atom. The van der Waals surface area contributed by atoms with Crippen molar-refractivity contribution < 1.29 is 0 Å². The molecule has 5 rings (SSSR count). The quantitative estimate of drug-likeness (QED) is 0.424. The first-order valence-electron chi connectivity index (χ1n) is 9.58. The maximum Gasteiger partial charge on any atom is 0.143 e. The highest BCUT2D eigenvalue weighted by Gasteiger charge is 2.12. The number of hydrogen-bond donors (Lipinski definition) is 1. The normalized spacial score (nSPS) is 11.1. The van der Waals surface area contributed by atoms with Gasteiger partial charge in [0, 0.05) is 23.9 Å². The van der Waals surface area contributed by atoms with Crippen LogP contribution in [0, 0.1) is 0 Å². The first-order chi connectivity index (χ1) is 13.9. The van der Waals surface area contributed by atoms with E-state index < -0.39 is 0 Å². The summed E-state index contributed by atoms with van der Waals surface area (Å²) in [6, 6.07) is 33.8. The third-order valence-electron chi connectivity index (χ3n) is 5.12. The van der Waals surface area contributed by atoms with Crippen LogP contribution in [0.3, 0.4) is 0 Å². The van der Waals surface area contributed by atoms with Crippen LogP contribution in [0.1, 0.15) is 11.1 Å². The van der Waals surface area contributed by atoms with E-state index in [1.165, 1.54) is 27.4 Å². The lowest BCUT2D eigenvalue weighted by molar-refractivity contribution is 0.856. The van der Waals surface area contributed by atoms with Crippen LogP contribution in [-0.2, 0) is 13.1 Å². The largest absolute Gasteiger partial charge is 0.366 e. The predicted octanol–water partition coefficient (Wildman–Crippen LogP) is 5.85. The number of para-hydroxylation sites is 1. The molecule has 0 saturated carbocycles. The molecule has 2 heterocycles. The first kappa shape index (κ1) is 16.6. The van der Waals surface area contributed by atoms with Crippen molar-refractivity contribution in [3.63, 3.8) is 0 Å². The number of pyridine rings is 1. The van der Waals surface area contributed by atoms with Gasteiger partial charge < -0.3 is 9.88 Å². The minimum absolute atomic E-state index is 0.762. The number of nitrogens with zero attached hydrogens (tertiary/aromatic N) is 2. The molecular weight excluding hydrogens is 342 g/mol. The summed E-state index contributed by atoms with van der Waals surface area (Å²) in [6.45, 7) is 1.57. The van der Waals surface area contributed by atoms with E-state index in [9.17, 15) is 0 Å². The Bertz CT molecular complexity index is 1220. The fourth-order valence-corrected chi connectivity index (χ4v) is 3.73. The molecule has 0 fully saturated rings. The van der Waals surface area contributed by atoms with E-state index in [0.29, 0.717) is 0 Å². The van der Waals surface area contributed by atoms with Crippen LogP contribution in [-0.4, -0.2) is 9.55 Å². The van der Waals surface area contributed by atoms with Crippen molar-refractivity contribution in [3.8, 4) is 0 Å². The molecule has 28 heavy (non-hydrogen) atoms. The van der Waals surface area contributed by atoms with Crippen molar-refractivity contribution in [3.05, 3.63) is 108 Å². The van der Waals surface area contributed by atoms with E-state index in [1.807, 2.05) is 6.07 Å². The Hall–Kier alpha value is -3.59. The Balaban J connectivity index is 1.57. The van der Waals surface area contributed by atoms with Crippen LogP contribution < -0.4 is 5.32 Å². The zero-order valence-electron chi connectivity index (χ0n) is 15.5. The van der Waals surface area contributed by atoms with Crippen molar-refractivity contribution in [1.82, 2.24) is 9.55 Å². The number of benzene rings is 3. The van der Waals surface area contributed by atoms with Gasteiger partial charge in [-0.2, -0.15) is 0 Å². The summed E-state index contributed by atoms with van der Waals surface area (Å²) in [4.78, 5) is 4.98. The van der Waals surface area contributed by atoms with Gasteiger partial charge >= 0.3 is 0 Å². The van der Waals surface area contributed by atoms with Gasteiger partial charge in [-0.1, -0.05) is 78.9 Å². The van der Waals surface area contributed by atoms with Gasteiger partial charge in [0.25, 0.3) is 0 Å². The van der Waals surface area contributed by atoms with Gasteiger partial charge in [-0.25, -0.2) is 4.98 Å². The lowest BCUT2D eigenvalue weighted by Gasteiger charge is -2.09. The van der Waals surface area contributed by atoms with E-state index in [4.69, 9.17) is 4.98 Å². The van der Waals surface area contributed by atoms with Crippen LogP contribution in [0.5, 0.6) is 0 Å². The second kappa shape index (κ2) is 7.20. The topological polar surface area (TPSA) is 29.9 Å². The van der Waals surface area contributed by atoms with E-state index >= 15 is 0 Å². The fourth-order valence-electron chi connectivity index (χ4n) is 3.73. The first-order valence-corrected chi connectivity index (χ1v) is 9.58. The molecule has 0 bridgehead atoms. The van der Waals surface area contributed by atoms with Gasteiger partial charge in [-0.3, -0.25) is 0 Å². The summed E-state index contributed by atoms with van der Waals surface area (Å²) >= 11 is 0. The van der Waals surface area contributed by atoms with Crippen molar-refractivity contribution >= 4 is 27.8 Å². The van der Waals surface area contributed by atoms with Gasteiger partial charge in [-0.15, -0.1) is 0 Å². The van der Waals surface area contributed by atoms with Gasteiger partial charge in [0.05, 0.1) is 5.52 Å². The van der Waals surface area contributed by atoms with Crippen molar-refractivity contribution in [1.29, 1.82) is 0 Å². The summed E-state index contributed by atoms with van der Waals surface area (Å²) in [6.07, 6.45) is 0. The third-order valence-corrected chi connectivity index (χ3v) is 5.12. The number of nitrogens with one attached hydrogen (secondary N) is 1. The van der Waals surface area contributed by atoms with Gasteiger partial charge in [0.15, 0.2) is 0 Å². The molecule has 2 aromatic heterocycles. The van der Waals surface area contributed by atoms with Crippen LogP contribution in [0.15, 0.2) is 97.1 Å². The predicted molar refractivity (Wildman–Crippen MR) is 117 cm³/mol. The maximum absolute atomic E-state index is 4.98. The second-order valence-corrected chi connectivity index (χ2v) is 7.00. The molecule has 3 aromatic carbocycles. The van der Waals surface area contributed by atoms with Crippen LogP contribution in [0.4, 0.5) is 5.82 Å². The molecule has 0 aliphatic rings. The van der Waals surface area contributed by atoms with E-state index in [2.05, 4.69) is 101 Å². The summed E-state index contributed by atoms with van der Waals surface area (Å²) in [5, 5.41) is 5.90. The molecule has 136 valence electrons. The van der Waals surface area contributed by atoms with Crippen LogP contribution in [0.2, 0.25) is 0 Å². The van der Waals surface area contributed by atoms with Crippen molar-refractivity contribution in [2.24, 2.45) is 0 Å². The summed E-state index contributed by atoms with van der Waals surface area (Å²) in [7, 11) is 0. The molecule has 1 N–H and O–H groups in total. The Labute approximate surface area is 164 Å². The highest BCUT2D eigenvalue weighted by atomic mass is 15.1. The minimum Gasteiger partial charge on any atom is -0.366 e. The number of anilines is 1. The average molecular weight is 363 g/mol. The summed E-state index contributed by atoms with van der Waals surface area (Å²) in [5.41, 5.74) is 4.75. The Morgan fingerprint density at radius 1 is 0.643 bits per heavy atom. The van der Waals surface area contributed by atoms with Crippen molar-refractivity contribution in [2.75, 3.05) is 5.32 Å².